The number of rotatable bonds is 7. The zero-order valence-electron chi connectivity index (χ0n) is 17.1. The van der Waals surface area contributed by atoms with E-state index in [-0.39, 0.29) is 35.6 Å². The monoisotopic (exact) mass is 467 g/mol. The molecule has 2 aromatic rings. The van der Waals surface area contributed by atoms with Crippen LogP contribution in [0.25, 0.3) is 0 Å². The van der Waals surface area contributed by atoms with Gasteiger partial charge in [-0.25, -0.2) is 9.40 Å². The number of halogens is 4. The molecule has 176 valence electrons. The number of carbonyl (C=O) groups is 1. The highest BCUT2D eigenvalue weighted by molar-refractivity contribution is 6.14. The summed E-state index contributed by atoms with van der Waals surface area (Å²) in [6, 6.07) is 8.28. The number of carbonyl (C=O) groups excluding carboxylic acids is 1. The summed E-state index contributed by atoms with van der Waals surface area (Å²) in [6.07, 6.45) is -4.94. The van der Waals surface area contributed by atoms with Gasteiger partial charge < -0.3 is 20.6 Å². The molecule has 1 amide bonds. The summed E-state index contributed by atoms with van der Waals surface area (Å²) in [6.45, 7) is -0.774. The maximum Gasteiger partial charge on any atom is 0.416 e. The van der Waals surface area contributed by atoms with Gasteiger partial charge in [0, 0.05) is 12.2 Å². The average molecular weight is 467 g/mol. The van der Waals surface area contributed by atoms with Crippen LogP contribution in [0.15, 0.2) is 65.3 Å². The molecular weight excluding hydrogens is 446 g/mol. The molecule has 11 heteroatoms. The zero-order chi connectivity index (χ0) is 24.2. The topological polar surface area (TPSA) is 105 Å². The van der Waals surface area contributed by atoms with Crippen molar-refractivity contribution >= 4 is 17.3 Å². The number of hydrogen-bond acceptors (Lipinski definition) is 6. The number of allylic oxidation sites excluding steroid dienone is 1. The Morgan fingerprint density at radius 2 is 1.85 bits per heavy atom. The number of nitrogens with zero attached hydrogens (tertiary/aromatic N) is 2. The van der Waals surface area contributed by atoms with Gasteiger partial charge >= 0.3 is 6.18 Å². The summed E-state index contributed by atoms with van der Waals surface area (Å²) in [5.41, 5.74) is -0.747. The van der Waals surface area contributed by atoms with Crippen LogP contribution >= 0.6 is 0 Å². The van der Waals surface area contributed by atoms with Crippen LogP contribution in [0.1, 0.15) is 17.5 Å². The van der Waals surface area contributed by atoms with E-state index in [4.69, 9.17) is 5.11 Å². The van der Waals surface area contributed by atoms with Crippen LogP contribution in [0.3, 0.4) is 0 Å². The summed E-state index contributed by atoms with van der Waals surface area (Å²) < 4.78 is 52.5. The molecule has 0 bridgehead atoms. The maximum atomic E-state index is 13.8. The second-order valence-electron chi connectivity index (χ2n) is 7.22. The van der Waals surface area contributed by atoms with Crippen molar-refractivity contribution in [2.24, 2.45) is 5.10 Å². The standard InChI is InChI=1S/C22H21F4N3O4/c23-15-2-1-3-17(10-15)29-21(33)18(20(32)27-16(12-31)8-9-30)11-19(28-29)13-4-6-14(7-5-13)22(24,25)26/h1-7,10-11,16,21,30-31,33H,8-9,12H2,(H,27,32). The number of alkyl halides is 3. The third-order valence-corrected chi connectivity index (χ3v) is 4.89. The first-order chi connectivity index (χ1) is 15.6. The lowest BCUT2D eigenvalue weighted by Crippen LogP contribution is -2.46. The number of anilines is 1. The van der Waals surface area contributed by atoms with Crippen LogP contribution in [-0.4, -0.2) is 52.4 Å². The Morgan fingerprint density at radius 3 is 2.42 bits per heavy atom. The molecule has 7 nitrogen and oxygen atoms in total. The first-order valence-electron chi connectivity index (χ1n) is 9.87. The van der Waals surface area contributed by atoms with Crippen molar-refractivity contribution in [1.29, 1.82) is 0 Å². The number of amides is 1. The molecule has 0 saturated carbocycles. The van der Waals surface area contributed by atoms with E-state index in [9.17, 15) is 32.6 Å². The molecule has 33 heavy (non-hydrogen) atoms. The van der Waals surface area contributed by atoms with Crippen molar-refractivity contribution in [3.63, 3.8) is 0 Å². The summed E-state index contributed by atoms with van der Waals surface area (Å²) in [7, 11) is 0. The Hall–Kier alpha value is -3.28. The molecule has 0 fully saturated rings. The normalized spacial score (nSPS) is 17.3. The fraction of sp³-hybridized carbons (Fsp3) is 0.273. The predicted octanol–water partition coefficient (Wildman–Crippen LogP) is 2.17. The van der Waals surface area contributed by atoms with Crippen LogP contribution in [0.2, 0.25) is 0 Å². The number of aliphatic hydroxyl groups is 3. The molecule has 2 atom stereocenters. The molecule has 2 unspecified atom stereocenters. The van der Waals surface area contributed by atoms with Crippen molar-refractivity contribution in [3.05, 3.63) is 77.1 Å². The van der Waals surface area contributed by atoms with Crippen molar-refractivity contribution in [3.8, 4) is 0 Å². The summed E-state index contributed by atoms with van der Waals surface area (Å²) in [4.78, 5) is 12.8. The van der Waals surface area contributed by atoms with Crippen molar-refractivity contribution in [2.75, 3.05) is 18.2 Å². The second kappa shape index (κ2) is 10.1. The lowest BCUT2D eigenvalue weighted by atomic mass is 10.0. The Morgan fingerprint density at radius 1 is 1.15 bits per heavy atom. The molecule has 0 saturated heterocycles. The van der Waals surface area contributed by atoms with E-state index in [0.29, 0.717) is 0 Å². The van der Waals surface area contributed by atoms with Crippen molar-refractivity contribution in [2.45, 2.75) is 24.9 Å². The van der Waals surface area contributed by atoms with Crippen LogP contribution in [0.5, 0.6) is 0 Å². The highest BCUT2D eigenvalue weighted by Crippen LogP contribution is 2.30. The van der Waals surface area contributed by atoms with Crippen LogP contribution in [-0.2, 0) is 11.0 Å². The number of nitrogens with one attached hydrogen (secondary N) is 1. The molecule has 0 radical (unpaired) electrons. The highest BCUT2D eigenvalue weighted by atomic mass is 19.4. The van der Waals surface area contributed by atoms with Gasteiger partial charge in [0.2, 0.25) is 0 Å². The maximum absolute atomic E-state index is 13.8. The Balaban J connectivity index is 2.02. The van der Waals surface area contributed by atoms with Crippen LogP contribution in [0, 0.1) is 5.82 Å². The summed E-state index contributed by atoms with van der Waals surface area (Å²) in [5.74, 6) is -1.43. The van der Waals surface area contributed by atoms with Gasteiger partial charge in [-0.1, -0.05) is 18.2 Å². The molecule has 2 aromatic carbocycles. The minimum Gasteiger partial charge on any atom is -0.396 e. The first-order valence-corrected chi connectivity index (χ1v) is 9.87. The van der Waals surface area contributed by atoms with E-state index >= 15 is 0 Å². The largest absolute Gasteiger partial charge is 0.416 e. The Labute approximate surface area is 186 Å². The molecule has 4 N–H and O–H groups in total. The van der Waals surface area contributed by atoms with Crippen LogP contribution in [0.4, 0.5) is 23.2 Å². The summed E-state index contributed by atoms with van der Waals surface area (Å²) >= 11 is 0. The van der Waals surface area contributed by atoms with E-state index in [1.807, 2.05) is 0 Å². The number of aliphatic hydroxyl groups excluding tert-OH is 3. The van der Waals surface area contributed by atoms with Crippen molar-refractivity contribution in [1.82, 2.24) is 5.32 Å². The number of hydrazone groups is 1. The fourth-order valence-corrected chi connectivity index (χ4v) is 3.16. The molecule has 0 spiro atoms. The van der Waals surface area contributed by atoms with Crippen LogP contribution < -0.4 is 10.3 Å². The third kappa shape index (κ3) is 5.75. The predicted molar refractivity (Wildman–Crippen MR) is 112 cm³/mol. The lowest BCUT2D eigenvalue weighted by molar-refractivity contribution is -0.137. The first kappa shape index (κ1) is 24.4. The van der Waals surface area contributed by atoms with Gasteiger partial charge in [-0.05, 0) is 42.8 Å². The average Bonchev–Trinajstić information content (AvgIpc) is 2.78. The summed E-state index contributed by atoms with van der Waals surface area (Å²) in [5, 5.41) is 36.9. The SMILES string of the molecule is O=C(NC(CO)CCO)C1=CC(c2ccc(C(F)(F)F)cc2)=NN(c2cccc(F)c2)C1O. The quantitative estimate of drug-likeness (QED) is 0.468. The smallest absolute Gasteiger partial charge is 0.396 e. The molecule has 1 aliphatic heterocycles. The molecule has 0 aromatic heterocycles. The third-order valence-electron chi connectivity index (χ3n) is 4.89. The molecule has 1 aliphatic rings. The van der Waals surface area contributed by atoms with E-state index < -0.39 is 42.3 Å². The highest BCUT2D eigenvalue weighted by Gasteiger charge is 2.33. The minimum atomic E-state index is -4.54. The van der Waals surface area contributed by atoms with Gasteiger partial charge in [0.1, 0.15) is 5.82 Å². The van der Waals surface area contributed by atoms with E-state index in [1.165, 1.54) is 24.3 Å². The minimum absolute atomic E-state index is 0.0474. The fourth-order valence-electron chi connectivity index (χ4n) is 3.16. The molecular formula is C22H21F4N3O4. The van der Waals surface area contributed by atoms with Crippen molar-refractivity contribution < 1.29 is 37.7 Å². The number of hydrogen-bond donors (Lipinski definition) is 4. The molecule has 1 heterocycles. The lowest BCUT2D eigenvalue weighted by Gasteiger charge is -2.31. The Bertz CT molecular complexity index is 1050. The van der Waals surface area contributed by atoms with Gasteiger partial charge in [-0.2, -0.15) is 18.3 Å². The van der Waals surface area contributed by atoms with Gasteiger partial charge in [-0.15, -0.1) is 0 Å². The van der Waals surface area contributed by atoms with E-state index in [2.05, 4.69) is 10.4 Å². The number of benzene rings is 2. The zero-order valence-corrected chi connectivity index (χ0v) is 17.1. The second-order valence-corrected chi connectivity index (χ2v) is 7.22. The van der Waals surface area contributed by atoms with Gasteiger partial charge in [0.05, 0.1) is 35.2 Å². The molecule has 3 rings (SSSR count). The van der Waals surface area contributed by atoms with E-state index in [0.717, 1.165) is 35.3 Å². The van der Waals surface area contributed by atoms with Gasteiger partial charge in [0.25, 0.3) is 5.91 Å². The van der Waals surface area contributed by atoms with Gasteiger partial charge in [0.15, 0.2) is 6.23 Å². The molecule has 0 aliphatic carbocycles. The van der Waals surface area contributed by atoms with Gasteiger partial charge in [-0.3, -0.25) is 4.79 Å². The van der Waals surface area contributed by atoms with E-state index in [1.54, 1.807) is 0 Å². The Kier molecular flexibility index (Phi) is 7.46.